The first-order valence-corrected chi connectivity index (χ1v) is 8.97. The molecule has 122 valence electrons. The van der Waals surface area contributed by atoms with Gasteiger partial charge in [-0.15, -0.1) is 11.3 Å². The summed E-state index contributed by atoms with van der Waals surface area (Å²) < 4.78 is 2.10. The van der Waals surface area contributed by atoms with E-state index in [4.69, 9.17) is 0 Å². The molecule has 0 bridgehead atoms. The number of amides is 1. The highest BCUT2D eigenvalue weighted by Gasteiger charge is 2.09. The fraction of sp³-hybridized carbons (Fsp3) is 0.118. The summed E-state index contributed by atoms with van der Waals surface area (Å²) in [5.74, 6) is -0.190. The highest BCUT2D eigenvalue weighted by atomic mass is 79.9. The summed E-state index contributed by atoms with van der Waals surface area (Å²) in [4.78, 5) is 25.1. The van der Waals surface area contributed by atoms with Crippen LogP contribution in [0.25, 0.3) is 10.6 Å². The van der Waals surface area contributed by atoms with Crippen molar-refractivity contribution in [1.29, 1.82) is 0 Å². The lowest BCUT2D eigenvalue weighted by Gasteiger charge is -2.08. The fourth-order valence-electron chi connectivity index (χ4n) is 2.18. The van der Waals surface area contributed by atoms with Crippen LogP contribution in [0.4, 0.5) is 0 Å². The lowest BCUT2D eigenvalue weighted by atomic mass is 10.2. The van der Waals surface area contributed by atoms with E-state index in [2.05, 4.69) is 26.3 Å². The van der Waals surface area contributed by atoms with Crippen molar-refractivity contribution in [3.63, 3.8) is 0 Å². The van der Waals surface area contributed by atoms with Gasteiger partial charge in [0.05, 0.1) is 17.0 Å². The maximum atomic E-state index is 12.1. The standard InChI is InChI=1S/C17H14BrN3O2S/c18-13-5-2-1-4-12(13)17(23)19-9-10-21-16(22)8-7-14(20-21)15-6-3-11-24-15/h1-8,11H,9-10H2,(H,19,23). The topological polar surface area (TPSA) is 64.0 Å². The number of hydrogen-bond acceptors (Lipinski definition) is 4. The molecule has 1 N–H and O–H groups in total. The quantitative estimate of drug-likeness (QED) is 0.711. The molecule has 0 saturated heterocycles. The van der Waals surface area contributed by atoms with Gasteiger partial charge in [-0.05, 0) is 45.6 Å². The number of benzene rings is 1. The average molecular weight is 404 g/mol. The van der Waals surface area contributed by atoms with Gasteiger partial charge in [0.2, 0.25) is 0 Å². The van der Waals surface area contributed by atoms with Crippen LogP contribution in [0.1, 0.15) is 10.4 Å². The molecule has 0 radical (unpaired) electrons. The van der Waals surface area contributed by atoms with Crippen LogP contribution in [-0.2, 0) is 6.54 Å². The molecule has 1 amide bonds. The summed E-state index contributed by atoms with van der Waals surface area (Å²) >= 11 is 4.92. The minimum absolute atomic E-state index is 0.189. The summed E-state index contributed by atoms with van der Waals surface area (Å²) in [6, 6.07) is 14.3. The second kappa shape index (κ2) is 7.55. The molecule has 24 heavy (non-hydrogen) atoms. The summed E-state index contributed by atoms with van der Waals surface area (Å²) in [5, 5.41) is 9.12. The second-order valence-electron chi connectivity index (χ2n) is 4.99. The number of rotatable bonds is 5. The normalized spacial score (nSPS) is 10.5. The van der Waals surface area contributed by atoms with Crippen LogP contribution in [-0.4, -0.2) is 22.2 Å². The van der Waals surface area contributed by atoms with E-state index in [1.54, 1.807) is 29.5 Å². The van der Waals surface area contributed by atoms with Crippen molar-refractivity contribution in [2.45, 2.75) is 6.54 Å². The third-order valence-corrected chi connectivity index (χ3v) is 4.95. The van der Waals surface area contributed by atoms with Crippen LogP contribution in [0.5, 0.6) is 0 Å². The zero-order valence-corrected chi connectivity index (χ0v) is 15.0. The Morgan fingerprint density at radius 2 is 2.00 bits per heavy atom. The molecule has 3 rings (SSSR count). The van der Waals surface area contributed by atoms with E-state index in [0.717, 1.165) is 15.0 Å². The van der Waals surface area contributed by atoms with E-state index in [1.807, 2.05) is 29.6 Å². The van der Waals surface area contributed by atoms with Gasteiger partial charge >= 0.3 is 0 Å². The average Bonchev–Trinajstić information content (AvgIpc) is 3.11. The third kappa shape index (κ3) is 3.80. The molecule has 0 unspecified atom stereocenters. The Morgan fingerprint density at radius 1 is 1.17 bits per heavy atom. The predicted octanol–water partition coefficient (Wildman–Crippen LogP) is 3.16. The molecule has 0 atom stereocenters. The molecule has 1 aromatic carbocycles. The number of aromatic nitrogens is 2. The van der Waals surface area contributed by atoms with E-state index in [9.17, 15) is 9.59 Å². The fourth-order valence-corrected chi connectivity index (χ4v) is 3.34. The summed E-state index contributed by atoms with van der Waals surface area (Å²) in [6.07, 6.45) is 0. The third-order valence-electron chi connectivity index (χ3n) is 3.37. The van der Waals surface area contributed by atoms with E-state index in [-0.39, 0.29) is 11.5 Å². The van der Waals surface area contributed by atoms with E-state index in [1.165, 1.54) is 10.7 Å². The van der Waals surface area contributed by atoms with E-state index < -0.39 is 0 Å². The van der Waals surface area contributed by atoms with Crippen LogP contribution < -0.4 is 10.9 Å². The van der Waals surface area contributed by atoms with Gasteiger partial charge in [0, 0.05) is 17.1 Å². The molecule has 0 saturated carbocycles. The van der Waals surface area contributed by atoms with Gasteiger partial charge < -0.3 is 5.32 Å². The number of carbonyl (C=O) groups is 1. The summed E-state index contributed by atoms with van der Waals surface area (Å²) in [6.45, 7) is 0.634. The lowest BCUT2D eigenvalue weighted by molar-refractivity contribution is 0.0951. The Bertz CT molecular complexity index is 906. The van der Waals surface area contributed by atoms with Gasteiger partial charge in [-0.25, -0.2) is 4.68 Å². The number of carbonyl (C=O) groups excluding carboxylic acids is 1. The maximum absolute atomic E-state index is 12.1. The highest BCUT2D eigenvalue weighted by Crippen LogP contribution is 2.21. The van der Waals surface area contributed by atoms with Crippen molar-refractivity contribution < 1.29 is 4.79 Å². The largest absolute Gasteiger partial charge is 0.350 e. The van der Waals surface area contributed by atoms with Crippen molar-refractivity contribution in [2.24, 2.45) is 0 Å². The second-order valence-corrected chi connectivity index (χ2v) is 6.80. The van der Waals surface area contributed by atoms with Gasteiger partial charge in [-0.3, -0.25) is 9.59 Å². The SMILES string of the molecule is O=C(NCCn1nc(-c2cccs2)ccc1=O)c1ccccc1Br. The molecule has 0 spiro atoms. The number of thiophene rings is 1. The zero-order chi connectivity index (χ0) is 16.9. The van der Waals surface area contributed by atoms with Crippen LogP contribution >= 0.6 is 27.3 Å². The smallest absolute Gasteiger partial charge is 0.266 e. The Hall–Kier alpha value is -2.25. The van der Waals surface area contributed by atoms with Crippen LogP contribution in [0.15, 0.2) is 63.2 Å². The minimum atomic E-state index is -0.190. The van der Waals surface area contributed by atoms with E-state index in [0.29, 0.717) is 18.7 Å². The molecule has 7 heteroatoms. The molecule has 0 fully saturated rings. The van der Waals surface area contributed by atoms with Crippen molar-refractivity contribution >= 4 is 33.2 Å². The van der Waals surface area contributed by atoms with Gasteiger partial charge in [-0.2, -0.15) is 5.10 Å². The number of nitrogens with one attached hydrogen (secondary N) is 1. The Kier molecular flexibility index (Phi) is 5.22. The molecule has 2 aromatic heterocycles. The Balaban J connectivity index is 1.67. The van der Waals surface area contributed by atoms with Crippen molar-refractivity contribution in [3.05, 3.63) is 74.3 Å². The molecular weight excluding hydrogens is 390 g/mol. The monoisotopic (exact) mass is 403 g/mol. The molecule has 2 heterocycles. The Morgan fingerprint density at radius 3 is 2.75 bits per heavy atom. The molecular formula is C17H14BrN3O2S. The minimum Gasteiger partial charge on any atom is -0.350 e. The number of hydrogen-bond donors (Lipinski definition) is 1. The first-order valence-electron chi connectivity index (χ1n) is 7.30. The van der Waals surface area contributed by atoms with Gasteiger partial charge in [-0.1, -0.05) is 18.2 Å². The first-order chi connectivity index (χ1) is 11.6. The molecule has 0 aliphatic rings. The summed E-state index contributed by atoms with van der Waals surface area (Å²) in [7, 11) is 0. The van der Waals surface area contributed by atoms with Crippen LogP contribution in [0.3, 0.4) is 0 Å². The van der Waals surface area contributed by atoms with Gasteiger partial charge in [0.15, 0.2) is 0 Å². The number of halogens is 1. The molecule has 0 aliphatic heterocycles. The van der Waals surface area contributed by atoms with Gasteiger partial charge in [0.25, 0.3) is 11.5 Å². The van der Waals surface area contributed by atoms with Crippen molar-refractivity contribution in [2.75, 3.05) is 6.54 Å². The van der Waals surface area contributed by atoms with Crippen molar-refractivity contribution in [3.8, 4) is 10.6 Å². The molecule has 3 aromatic rings. The van der Waals surface area contributed by atoms with Crippen LogP contribution in [0, 0.1) is 0 Å². The Labute approximate surface area is 151 Å². The number of nitrogens with zero attached hydrogens (tertiary/aromatic N) is 2. The predicted molar refractivity (Wildman–Crippen MR) is 98.3 cm³/mol. The lowest BCUT2D eigenvalue weighted by Crippen LogP contribution is -2.32. The summed E-state index contributed by atoms with van der Waals surface area (Å²) in [5.41, 5.74) is 1.12. The van der Waals surface area contributed by atoms with E-state index >= 15 is 0 Å². The van der Waals surface area contributed by atoms with Crippen LogP contribution in [0.2, 0.25) is 0 Å². The van der Waals surface area contributed by atoms with Crippen molar-refractivity contribution in [1.82, 2.24) is 15.1 Å². The van der Waals surface area contributed by atoms with Gasteiger partial charge in [0.1, 0.15) is 5.69 Å². The molecule has 5 nitrogen and oxygen atoms in total. The first kappa shape index (κ1) is 16.6. The molecule has 0 aliphatic carbocycles. The maximum Gasteiger partial charge on any atom is 0.266 e. The highest BCUT2D eigenvalue weighted by molar-refractivity contribution is 9.10. The zero-order valence-electron chi connectivity index (χ0n) is 12.6.